The van der Waals surface area contributed by atoms with Crippen LogP contribution in [0.1, 0.15) is 16.8 Å². The lowest BCUT2D eigenvalue weighted by Gasteiger charge is -2.07. The van der Waals surface area contributed by atoms with E-state index in [0.717, 1.165) is 0 Å². The Hall–Kier alpha value is -2.90. The summed E-state index contributed by atoms with van der Waals surface area (Å²) in [5.41, 5.74) is -5.19. The SMILES string of the molecule is N#Cc1[nH]n2c(nc3cc(C(F)(F)F)cc(O)c32)c1C(F)(F)F. The van der Waals surface area contributed by atoms with Crippen molar-refractivity contribution in [2.24, 2.45) is 0 Å². The first kappa shape index (κ1) is 15.0. The number of benzene rings is 1. The molecule has 0 spiro atoms. The highest BCUT2D eigenvalue weighted by Gasteiger charge is 2.40. The van der Waals surface area contributed by atoms with Gasteiger partial charge in [0.2, 0.25) is 0 Å². The highest BCUT2D eigenvalue weighted by atomic mass is 19.4. The predicted molar refractivity (Wildman–Crippen MR) is 63.4 cm³/mol. The summed E-state index contributed by atoms with van der Waals surface area (Å²) in [4.78, 5) is 3.49. The number of phenols is 1. The number of aromatic amines is 1. The molecule has 3 aromatic rings. The molecule has 0 aliphatic heterocycles. The van der Waals surface area contributed by atoms with Gasteiger partial charge in [0.1, 0.15) is 28.6 Å². The number of nitrogens with zero attached hydrogens (tertiary/aromatic N) is 3. The van der Waals surface area contributed by atoms with E-state index in [0.29, 0.717) is 16.6 Å². The fourth-order valence-corrected chi connectivity index (χ4v) is 2.26. The number of hydrogen-bond donors (Lipinski definition) is 2. The molecule has 0 unspecified atom stereocenters. The first-order valence-electron chi connectivity index (χ1n) is 5.85. The summed E-state index contributed by atoms with van der Waals surface area (Å²) < 4.78 is 77.8. The van der Waals surface area contributed by atoms with Gasteiger partial charge in [-0.15, -0.1) is 0 Å². The smallest absolute Gasteiger partial charge is 0.422 e. The Balaban J connectivity index is 2.44. The van der Waals surface area contributed by atoms with Crippen molar-refractivity contribution in [1.82, 2.24) is 14.6 Å². The third-order valence-electron chi connectivity index (χ3n) is 3.15. The minimum Gasteiger partial charge on any atom is -0.506 e. The number of rotatable bonds is 0. The average Bonchev–Trinajstić information content (AvgIpc) is 2.90. The largest absolute Gasteiger partial charge is 0.506 e. The monoisotopic (exact) mass is 334 g/mol. The van der Waals surface area contributed by atoms with E-state index in [-0.39, 0.29) is 5.52 Å². The Morgan fingerprint density at radius 3 is 2.30 bits per heavy atom. The molecule has 2 heterocycles. The number of nitrogens with one attached hydrogen (secondary N) is 1. The molecule has 0 aliphatic carbocycles. The molecular weight excluding hydrogens is 330 g/mol. The second kappa shape index (κ2) is 4.31. The maximum Gasteiger partial charge on any atom is 0.422 e. The van der Waals surface area contributed by atoms with E-state index in [2.05, 4.69) is 10.1 Å². The Morgan fingerprint density at radius 1 is 1.13 bits per heavy atom. The normalized spacial score (nSPS) is 12.9. The van der Waals surface area contributed by atoms with Crippen LogP contribution in [0.2, 0.25) is 0 Å². The summed E-state index contributed by atoms with van der Waals surface area (Å²) in [7, 11) is 0. The first-order chi connectivity index (χ1) is 10.5. The molecule has 0 radical (unpaired) electrons. The van der Waals surface area contributed by atoms with Gasteiger partial charge in [-0.25, -0.2) is 9.50 Å². The van der Waals surface area contributed by atoms with Crippen molar-refractivity contribution in [3.8, 4) is 11.8 Å². The molecule has 23 heavy (non-hydrogen) atoms. The van der Waals surface area contributed by atoms with E-state index >= 15 is 0 Å². The Labute approximate surface area is 122 Å². The van der Waals surface area contributed by atoms with Crippen molar-refractivity contribution in [1.29, 1.82) is 5.26 Å². The van der Waals surface area contributed by atoms with Crippen molar-refractivity contribution in [2.45, 2.75) is 12.4 Å². The molecule has 2 N–H and O–H groups in total. The van der Waals surface area contributed by atoms with Gasteiger partial charge >= 0.3 is 12.4 Å². The van der Waals surface area contributed by atoms with Gasteiger partial charge in [-0.2, -0.15) is 31.6 Å². The van der Waals surface area contributed by atoms with Crippen LogP contribution in [0.4, 0.5) is 26.3 Å². The molecule has 0 amide bonds. The van der Waals surface area contributed by atoms with Crippen LogP contribution in [0.15, 0.2) is 12.1 Å². The second-order valence-electron chi connectivity index (χ2n) is 4.60. The molecule has 5 nitrogen and oxygen atoms in total. The standard InChI is InChI=1S/C12H4F6N4O/c13-11(14,15)4-1-5-9(7(23)2-4)22-10(20-5)8(12(16,17)18)6(3-19)21-22/h1-2,21,23H. The minimum atomic E-state index is -4.95. The number of hydrogen-bond acceptors (Lipinski definition) is 3. The number of phenolic OH excluding ortho intramolecular Hbond substituents is 1. The maximum atomic E-state index is 13.0. The molecule has 3 rings (SSSR count). The number of nitriles is 1. The summed E-state index contributed by atoms with van der Waals surface area (Å²) in [6, 6.07) is 2.19. The topological polar surface area (TPSA) is 77.1 Å². The van der Waals surface area contributed by atoms with E-state index in [4.69, 9.17) is 5.26 Å². The Bertz CT molecular complexity index is 972. The van der Waals surface area contributed by atoms with Gasteiger partial charge in [-0.05, 0) is 12.1 Å². The van der Waals surface area contributed by atoms with Crippen LogP contribution in [-0.4, -0.2) is 19.7 Å². The van der Waals surface area contributed by atoms with E-state index < -0.39 is 46.1 Å². The number of aromatic nitrogens is 3. The zero-order chi connectivity index (χ0) is 17.2. The number of aromatic hydroxyl groups is 1. The number of fused-ring (bicyclic) bond motifs is 3. The van der Waals surface area contributed by atoms with Crippen molar-refractivity contribution in [2.75, 3.05) is 0 Å². The van der Waals surface area contributed by atoms with Gasteiger partial charge < -0.3 is 5.11 Å². The summed E-state index contributed by atoms with van der Waals surface area (Å²) in [5.74, 6) is -0.915. The molecule has 0 aliphatic rings. The number of halogens is 6. The van der Waals surface area contributed by atoms with Crippen LogP contribution in [0.5, 0.6) is 5.75 Å². The number of imidazole rings is 1. The summed E-state index contributed by atoms with van der Waals surface area (Å²) >= 11 is 0. The molecule has 2 aromatic heterocycles. The number of alkyl halides is 6. The van der Waals surface area contributed by atoms with Gasteiger partial charge in [-0.1, -0.05) is 0 Å². The third kappa shape index (κ3) is 2.14. The number of H-pyrrole nitrogens is 1. The van der Waals surface area contributed by atoms with Crippen molar-refractivity contribution in [3.05, 3.63) is 29.0 Å². The molecular formula is C12H4F6N4O. The fourth-order valence-electron chi connectivity index (χ4n) is 2.26. The molecule has 0 saturated carbocycles. The summed E-state index contributed by atoms with van der Waals surface area (Å²) in [6.45, 7) is 0. The van der Waals surface area contributed by atoms with Gasteiger partial charge in [0.05, 0.1) is 11.1 Å². The molecule has 11 heteroatoms. The van der Waals surface area contributed by atoms with Crippen LogP contribution in [0.3, 0.4) is 0 Å². The van der Waals surface area contributed by atoms with E-state index in [1.807, 2.05) is 0 Å². The Morgan fingerprint density at radius 2 is 1.78 bits per heavy atom. The lowest BCUT2D eigenvalue weighted by molar-refractivity contribution is -0.138. The van der Waals surface area contributed by atoms with Gasteiger partial charge in [0, 0.05) is 0 Å². The van der Waals surface area contributed by atoms with E-state index in [1.54, 1.807) is 0 Å². The zero-order valence-electron chi connectivity index (χ0n) is 10.7. The predicted octanol–water partition coefficient (Wildman–Crippen LogP) is 3.43. The Kier molecular flexibility index (Phi) is 2.81. The molecule has 0 bridgehead atoms. The lowest BCUT2D eigenvalue weighted by atomic mass is 10.2. The highest BCUT2D eigenvalue weighted by molar-refractivity contribution is 5.87. The molecule has 120 valence electrons. The van der Waals surface area contributed by atoms with Crippen molar-refractivity contribution >= 4 is 16.7 Å². The highest BCUT2D eigenvalue weighted by Crippen LogP contribution is 2.39. The van der Waals surface area contributed by atoms with E-state index in [9.17, 15) is 31.4 Å². The molecule has 0 saturated heterocycles. The summed E-state index contributed by atoms with van der Waals surface area (Å²) in [6.07, 6.45) is -9.75. The second-order valence-corrected chi connectivity index (χ2v) is 4.60. The quantitative estimate of drug-likeness (QED) is 0.618. The van der Waals surface area contributed by atoms with Crippen LogP contribution in [0, 0.1) is 11.3 Å². The molecule has 1 aromatic carbocycles. The zero-order valence-corrected chi connectivity index (χ0v) is 10.7. The van der Waals surface area contributed by atoms with E-state index in [1.165, 1.54) is 6.07 Å². The third-order valence-corrected chi connectivity index (χ3v) is 3.15. The van der Waals surface area contributed by atoms with Crippen molar-refractivity contribution in [3.63, 3.8) is 0 Å². The van der Waals surface area contributed by atoms with Crippen LogP contribution < -0.4 is 0 Å². The molecule has 0 atom stereocenters. The van der Waals surface area contributed by atoms with Crippen LogP contribution in [-0.2, 0) is 12.4 Å². The molecule has 0 fully saturated rings. The fraction of sp³-hybridized carbons (Fsp3) is 0.167. The van der Waals surface area contributed by atoms with Crippen molar-refractivity contribution < 1.29 is 31.4 Å². The maximum absolute atomic E-state index is 13.0. The van der Waals surface area contributed by atoms with Gasteiger partial charge in [0.15, 0.2) is 5.65 Å². The van der Waals surface area contributed by atoms with Gasteiger partial charge in [-0.3, -0.25) is 5.10 Å². The minimum absolute atomic E-state index is 0.372. The van der Waals surface area contributed by atoms with Gasteiger partial charge in [0.25, 0.3) is 0 Å². The first-order valence-corrected chi connectivity index (χ1v) is 5.85. The summed E-state index contributed by atoms with van der Waals surface area (Å²) in [5, 5.41) is 20.6. The van der Waals surface area contributed by atoms with Crippen LogP contribution in [0.25, 0.3) is 16.7 Å². The average molecular weight is 334 g/mol. The lowest BCUT2D eigenvalue weighted by Crippen LogP contribution is -2.06. The van der Waals surface area contributed by atoms with Crippen LogP contribution >= 0.6 is 0 Å².